The Kier molecular flexibility index (Phi) is 1.83. The van der Waals surface area contributed by atoms with Crippen molar-refractivity contribution in [3.05, 3.63) is 37.0 Å². The van der Waals surface area contributed by atoms with E-state index in [1.54, 1.807) is 6.08 Å². The highest BCUT2D eigenvalue weighted by molar-refractivity contribution is 5.84. The second-order valence-corrected chi connectivity index (χ2v) is 3.63. The van der Waals surface area contributed by atoms with Crippen molar-refractivity contribution < 1.29 is 4.79 Å². The van der Waals surface area contributed by atoms with Crippen LogP contribution in [0, 0.1) is 5.92 Å². The maximum atomic E-state index is 11.7. The zero-order chi connectivity index (χ0) is 9.42. The Morgan fingerprint density at radius 3 is 3.08 bits per heavy atom. The molecule has 0 radical (unpaired) electrons. The highest BCUT2D eigenvalue weighted by Crippen LogP contribution is 2.29. The molecule has 2 heterocycles. The largest absolute Gasteiger partial charge is 0.331 e. The lowest BCUT2D eigenvalue weighted by atomic mass is 10.0. The molecule has 0 N–H and O–H groups in total. The molecule has 2 aliphatic heterocycles. The number of carbonyl (C=O) groups excluding carboxylic acids is 1. The summed E-state index contributed by atoms with van der Waals surface area (Å²) in [5, 5.41) is 0. The Balaban J connectivity index is 2.25. The van der Waals surface area contributed by atoms with Crippen LogP contribution in [0.15, 0.2) is 37.0 Å². The van der Waals surface area contributed by atoms with Crippen LogP contribution in [-0.2, 0) is 4.79 Å². The van der Waals surface area contributed by atoms with E-state index in [4.69, 9.17) is 0 Å². The van der Waals surface area contributed by atoms with Crippen molar-refractivity contribution in [1.29, 1.82) is 0 Å². The first-order valence-electron chi connectivity index (χ1n) is 4.51. The lowest BCUT2D eigenvalue weighted by molar-refractivity contribution is -0.130. The average Bonchev–Trinajstić information content (AvgIpc) is 2.44. The van der Waals surface area contributed by atoms with Crippen LogP contribution in [0.1, 0.15) is 6.42 Å². The highest BCUT2D eigenvalue weighted by Gasteiger charge is 2.37. The van der Waals surface area contributed by atoms with E-state index in [9.17, 15) is 4.79 Å². The van der Waals surface area contributed by atoms with Crippen LogP contribution in [0.2, 0.25) is 0 Å². The van der Waals surface area contributed by atoms with E-state index >= 15 is 0 Å². The summed E-state index contributed by atoms with van der Waals surface area (Å²) < 4.78 is 0. The van der Waals surface area contributed by atoms with Crippen LogP contribution in [0.25, 0.3) is 0 Å². The third-order valence-electron chi connectivity index (χ3n) is 2.71. The summed E-state index contributed by atoms with van der Waals surface area (Å²) in [5.74, 6) is 0.214. The van der Waals surface area contributed by atoms with Gasteiger partial charge in [0.25, 0.3) is 0 Å². The van der Waals surface area contributed by atoms with Gasteiger partial charge in [-0.15, -0.1) is 6.58 Å². The van der Waals surface area contributed by atoms with Crippen LogP contribution in [-0.4, -0.2) is 23.4 Å². The second-order valence-electron chi connectivity index (χ2n) is 3.63. The number of fused-ring (bicyclic) bond motifs is 1. The summed E-state index contributed by atoms with van der Waals surface area (Å²) in [5.41, 5.74) is 1.01. The van der Waals surface area contributed by atoms with Gasteiger partial charge in [-0.3, -0.25) is 4.79 Å². The summed E-state index contributed by atoms with van der Waals surface area (Å²) in [4.78, 5) is 13.6. The fourth-order valence-corrected chi connectivity index (χ4v) is 1.96. The average molecular weight is 175 g/mol. The monoisotopic (exact) mass is 175 g/mol. The van der Waals surface area contributed by atoms with Gasteiger partial charge in [-0.25, -0.2) is 0 Å². The minimum absolute atomic E-state index is 0.0144. The topological polar surface area (TPSA) is 20.3 Å². The molecule has 1 amide bonds. The molecule has 2 aliphatic rings. The fourth-order valence-electron chi connectivity index (χ4n) is 1.96. The molecule has 0 aliphatic carbocycles. The molecule has 1 fully saturated rings. The van der Waals surface area contributed by atoms with Crippen molar-refractivity contribution in [2.75, 3.05) is 6.54 Å². The van der Waals surface area contributed by atoms with Gasteiger partial charge in [0.2, 0.25) is 5.91 Å². The molecule has 2 heteroatoms. The van der Waals surface area contributed by atoms with Gasteiger partial charge in [0.1, 0.15) is 0 Å². The van der Waals surface area contributed by atoms with Gasteiger partial charge in [0.15, 0.2) is 0 Å². The maximum Gasteiger partial charge on any atom is 0.230 e. The van der Waals surface area contributed by atoms with Crippen LogP contribution >= 0.6 is 0 Å². The molecule has 2 atom stereocenters. The number of nitrogens with zero attached hydrogens (tertiary/aromatic N) is 1. The van der Waals surface area contributed by atoms with Crippen molar-refractivity contribution in [3.63, 3.8) is 0 Å². The first kappa shape index (κ1) is 8.30. The molecule has 1 saturated heterocycles. The highest BCUT2D eigenvalue weighted by atomic mass is 16.2. The third-order valence-corrected chi connectivity index (χ3v) is 2.71. The lowest BCUT2D eigenvalue weighted by Gasteiger charge is -2.26. The summed E-state index contributed by atoms with van der Waals surface area (Å²) in [6, 6.07) is 0.279. The van der Waals surface area contributed by atoms with Crippen LogP contribution in [0.4, 0.5) is 0 Å². The number of rotatable bonds is 1. The molecule has 2 nitrogen and oxygen atoms in total. The quantitative estimate of drug-likeness (QED) is 0.553. The smallest absolute Gasteiger partial charge is 0.230 e. The summed E-state index contributed by atoms with van der Waals surface area (Å²) in [6.07, 6.45) is 6.70. The maximum absolute atomic E-state index is 11.7. The number of hydrogen-bond acceptors (Lipinski definition) is 1. The molecule has 0 spiro atoms. The number of hydrogen-bond donors (Lipinski definition) is 0. The van der Waals surface area contributed by atoms with Gasteiger partial charge in [0.05, 0.1) is 12.0 Å². The van der Waals surface area contributed by atoms with E-state index in [-0.39, 0.29) is 17.9 Å². The van der Waals surface area contributed by atoms with Crippen molar-refractivity contribution in [1.82, 2.24) is 4.90 Å². The van der Waals surface area contributed by atoms with Gasteiger partial charge in [0, 0.05) is 6.54 Å². The molecular weight excluding hydrogens is 162 g/mol. The van der Waals surface area contributed by atoms with E-state index in [0.717, 1.165) is 12.0 Å². The second kappa shape index (κ2) is 2.87. The Hall–Kier alpha value is -1.31. The van der Waals surface area contributed by atoms with Crippen molar-refractivity contribution in [2.45, 2.75) is 12.5 Å². The van der Waals surface area contributed by atoms with Crippen molar-refractivity contribution in [2.24, 2.45) is 5.92 Å². The number of amides is 1. The van der Waals surface area contributed by atoms with Gasteiger partial charge >= 0.3 is 0 Å². The van der Waals surface area contributed by atoms with Crippen LogP contribution < -0.4 is 0 Å². The Bertz CT molecular complexity index is 303. The van der Waals surface area contributed by atoms with Gasteiger partial charge in [-0.2, -0.15) is 0 Å². The standard InChI is InChI=1S/C11H13NO/c1-3-9-6-10-5-4-8(2)7-12(10)11(9)13/h3-5,9-10H,1-2,6-7H2/t9-,10+/m0/s1. The van der Waals surface area contributed by atoms with Gasteiger partial charge in [-0.05, 0) is 12.0 Å². The summed E-state index contributed by atoms with van der Waals surface area (Å²) in [7, 11) is 0. The van der Waals surface area contributed by atoms with Gasteiger partial charge < -0.3 is 4.90 Å². The van der Waals surface area contributed by atoms with Gasteiger partial charge in [-0.1, -0.05) is 24.8 Å². The molecule has 2 rings (SSSR count). The first-order chi connectivity index (χ1) is 6.22. The van der Waals surface area contributed by atoms with E-state index in [2.05, 4.69) is 19.2 Å². The van der Waals surface area contributed by atoms with Crippen molar-refractivity contribution in [3.8, 4) is 0 Å². The zero-order valence-corrected chi connectivity index (χ0v) is 7.57. The Morgan fingerprint density at radius 2 is 2.38 bits per heavy atom. The molecule has 13 heavy (non-hydrogen) atoms. The predicted octanol–water partition coefficient (Wildman–Crippen LogP) is 1.52. The van der Waals surface area contributed by atoms with Crippen molar-refractivity contribution >= 4 is 5.91 Å². The van der Waals surface area contributed by atoms with Crippen LogP contribution in [0.5, 0.6) is 0 Å². The fraction of sp³-hybridized carbons (Fsp3) is 0.364. The Labute approximate surface area is 78.2 Å². The molecule has 0 aromatic heterocycles. The SMILES string of the molecule is C=C[C@H]1C[C@H]2C=CC(=C)CN2C1=O. The lowest BCUT2D eigenvalue weighted by Crippen LogP contribution is -2.36. The molecule has 0 saturated carbocycles. The van der Waals surface area contributed by atoms with E-state index in [1.165, 1.54) is 0 Å². The summed E-state index contributed by atoms with van der Waals surface area (Å²) >= 11 is 0. The molecule has 0 bridgehead atoms. The molecule has 68 valence electrons. The number of carbonyl (C=O) groups is 1. The minimum Gasteiger partial charge on any atom is -0.331 e. The molecule has 0 unspecified atom stereocenters. The van der Waals surface area contributed by atoms with E-state index < -0.39 is 0 Å². The van der Waals surface area contributed by atoms with E-state index in [1.807, 2.05) is 11.0 Å². The molecule has 0 aromatic rings. The van der Waals surface area contributed by atoms with E-state index in [0.29, 0.717) is 6.54 Å². The predicted molar refractivity (Wildman–Crippen MR) is 52.1 cm³/mol. The summed E-state index contributed by atoms with van der Waals surface area (Å²) in [6.45, 7) is 8.21. The third kappa shape index (κ3) is 1.22. The molecular formula is C11H13NO. The zero-order valence-electron chi connectivity index (χ0n) is 7.57. The molecule has 0 aromatic carbocycles. The minimum atomic E-state index is 0.0144. The normalized spacial score (nSPS) is 32.2. The van der Waals surface area contributed by atoms with Crippen LogP contribution in [0.3, 0.4) is 0 Å². The first-order valence-corrected chi connectivity index (χ1v) is 4.51. The Morgan fingerprint density at radius 1 is 1.62 bits per heavy atom.